The van der Waals surface area contributed by atoms with Gasteiger partial charge in [-0.15, -0.1) is 11.3 Å². The number of aliphatic carboxylic acids is 1. The number of hydrogen-bond acceptors (Lipinski definition) is 8. The van der Waals surface area contributed by atoms with Crippen LogP contribution in [-0.2, 0) is 16.1 Å². The van der Waals surface area contributed by atoms with Crippen molar-refractivity contribution >= 4 is 17.3 Å². The Hall–Kier alpha value is -2.75. The number of nitrogens with zero attached hydrogens (tertiary/aromatic N) is 4. The van der Waals surface area contributed by atoms with E-state index in [0.717, 1.165) is 32.7 Å². The normalized spacial score (nSPS) is 22.5. The van der Waals surface area contributed by atoms with Crippen LogP contribution in [0, 0.1) is 23.2 Å². The summed E-state index contributed by atoms with van der Waals surface area (Å²) in [7, 11) is 0. The average Bonchev–Trinajstić information content (AvgIpc) is 3.48. The van der Waals surface area contributed by atoms with Gasteiger partial charge in [-0.25, -0.2) is 14.8 Å². The minimum absolute atomic E-state index is 0.345. The maximum Gasteiger partial charge on any atom is 0.490 e. The summed E-state index contributed by atoms with van der Waals surface area (Å²) in [5.74, 6) is -1.07. The Labute approximate surface area is 186 Å². The number of fused-ring (bicyclic) bond motifs is 1. The lowest BCUT2D eigenvalue weighted by Gasteiger charge is -2.18. The highest BCUT2D eigenvalue weighted by Crippen LogP contribution is 2.36. The molecule has 2 aromatic heterocycles. The number of pyridine rings is 1. The highest BCUT2D eigenvalue weighted by molar-refractivity contribution is 7.09. The van der Waals surface area contributed by atoms with Crippen LogP contribution in [-0.4, -0.2) is 64.5 Å². The molecule has 0 saturated carbocycles. The summed E-state index contributed by atoms with van der Waals surface area (Å²) in [5, 5.41) is 19.1. The van der Waals surface area contributed by atoms with E-state index < -0.39 is 12.1 Å². The maximum atomic E-state index is 10.6. The van der Waals surface area contributed by atoms with E-state index in [4.69, 9.17) is 24.6 Å². The Morgan fingerprint density at radius 2 is 2.16 bits per heavy atom. The minimum Gasteiger partial charge on any atom is -0.478 e. The first-order chi connectivity index (χ1) is 15.3. The summed E-state index contributed by atoms with van der Waals surface area (Å²) in [6.45, 7) is 4.45. The van der Waals surface area contributed by atoms with E-state index in [0.29, 0.717) is 36.0 Å². The fourth-order valence-corrected chi connectivity index (χ4v) is 4.33. The number of rotatable bonds is 6. The molecule has 2 aromatic rings. The van der Waals surface area contributed by atoms with Crippen LogP contribution in [0.4, 0.5) is 13.2 Å². The maximum absolute atomic E-state index is 10.6. The van der Waals surface area contributed by atoms with Crippen molar-refractivity contribution in [3.05, 3.63) is 40.5 Å². The molecule has 0 aromatic carbocycles. The molecular formula is C20H21F3N4O4S. The lowest BCUT2D eigenvalue weighted by atomic mass is 9.91. The molecule has 2 fully saturated rings. The van der Waals surface area contributed by atoms with Gasteiger partial charge in [0.2, 0.25) is 5.88 Å². The van der Waals surface area contributed by atoms with Crippen LogP contribution < -0.4 is 4.74 Å². The first-order valence-electron chi connectivity index (χ1n) is 9.77. The van der Waals surface area contributed by atoms with Crippen molar-refractivity contribution in [1.82, 2.24) is 14.9 Å². The van der Waals surface area contributed by atoms with Gasteiger partial charge in [0.05, 0.1) is 31.4 Å². The Balaban J connectivity index is 0.000000360. The molecule has 12 heteroatoms. The third kappa shape index (κ3) is 6.62. The van der Waals surface area contributed by atoms with Crippen LogP contribution in [0.15, 0.2) is 29.9 Å². The molecule has 0 amide bonds. The molecule has 1 N–H and O–H groups in total. The van der Waals surface area contributed by atoms with E-state index in [9.17, 15) is 13.2 Å². The molecule has 2 aliphatic heterocycles. The van der Waals surface area contributed by atoms with E-state index in [1.807, 2.05) is 11.6 Å². The van der Waals surface area contributed by atoms with Gasteiger partial charge in [-0.05, 0) is 18.4 Å². The number of carboxylic acids is 1. The van der Waals surface area contributed by atoms with Gasteiger partial charge >= 0.3 is 12.1 Å². The molecule has 0 bridgehead atoms. The fraction of sp³-hybridized carbons (Fsp3) is 0.500. The van der Waals surface area contributed by atoms with Crippen molar-refractivity contribution in [3.8, 4) is 11.9 Å². The zero-order valence-electron chi connectivity index (χ0n) is 16.9. The molecule has 0 spiro atoms. The molecule has 4 heterocycles. The fourth-order valence-electron chi connectivity index (χ4n) is 3.68. The van der Waals surface area contributed by atoms with E-state index in [1.165, 1.54) is 11.2 Å². The van der Waals surface area contributed by atoms with Gasteiger partial charge in [-0.2, -0.15) is 18.4 Å². The second-order valence-electron chi connectivity index (χ2n) is 7.35. The van der Waals surface area contributed by atoms with E-state index in [2.05, 4.69) is 20.9 Å². The first-order valence-corrected chi connectivity index (χ1v) is 10.7. The quantitative estimate of drug-likeness (QED) is 0.687. The van der Waals surface area contributed by atoms with E-state index >= 15 is 0 Å². The van der Waals surface area contributed by atoms with Gasteiger partial charge in [0.25, 0.3) is 0 Å². The molecule has 172 valence electrons. The van der Waals surface area contributed by atoms with Crippen molar-refractivity contribution in [2.45, 2.75) is 25.2 Å². The Bertz CT molecular complexity index is 918. The summed E-state index contributed by atoms with van der Waals surface area (Å²) in [4.78, 5) is 19.9. The predicted molar refractivity (Wildman–Crippen MR) is 107 cm³/mol. The monoisotopic (exact) mass is 470 g/mol. The average molecular weight is 470 g/mol. The largest absolute Gasteiger partial charge is 0.490 e. The molecule has 0 aliphatic carbocycles. The summed E-state index contributed by atoms with van der Waals surface area (Å²) in [5.41, 5.74) is 0.547. The number of carboxylic acid groups (broad SMARTS) is 1. The molecule has 32 heavy (non-hydrogen) atoms. The summed E-state index contributed by atoms with van der Waals surface area (Å²) >= 11 is 1.71. The minimum atomic E-state index is -5.08. The number of alkyl halides is 3. The highest BCUT2D eigenvalue weighted by atomic mass is 32.1. The van der Waals surface area contributed by atoms with Gasteiger partial charge in [-0.3, -0.25) is 4.90 Å². The third-order valence-electron chi connectivity index (χ3n) is 5.20. The molecule has 3 atom stereocenters. The van der Waals surface area contributed by atoms with Crippen molar-refractivity contribution < 1.29 is 32.5 Å². The number of hydrogen-bond donors (Lipinski definition) is 1. The Morgan fingerprint density at radius 1 is 1.38 bits per heavy atom. The second kappa shape index (κ2) is 10.7. The van der Waals surface area contributed by atoms with Gasteiger partial charge < -0.3 is 14.6 Å². The van der Waals surface area contributed by atoms with Gasteiger partial charge in [0.15, 0.2) is 0 Å². The summed E-state index contributed by atoms with van der Waals surface area (Å²) in [6, 6.07) is 5.53. The predicted octanol–water partition coefficient (Wildman–Crippen LogP) is 2.96. The zero-order valence-corrected chi connectivity index (χ0v) is 17.7. The van der Waals surface area contributed by atoms with Gasteiger partial charge in [0.1, 0.15) is 11.1 Å². The number of nitriles is 1. The molecular weight excluding hydrogens is 449 g/mol. The topological polar surface area (TPSA) is 109 Å². The number of ether oxygens (including phenoxy) is 2. The summed E-state index contributed by atoms with van der Waals surface area (Å²) in [6.07, 6.45) is -0.367. The summed E-state index contributed by atoms with van der Waals surface area (Å²) < 4.78 is 43.5. The molecule has 8 nitrogen and oxygen atoms in total. The Morgan fingerprint density at radius 3 is 2.75 bits per heavy atom. The zero-order chi connectivity index (χ0) is 23.1. The van der Waals surface area contributed by atoms with Crippen LogP contribution >= 0.6 is 11.3 Å². The van der Waals surface area contributed by atoms with E-state index in [-0.39, 0.29) is 0 Å². The second-order valence-corrected chi connectivity index (χ2v) is 8.33. The van der Waals surface area contributed by atoms with Crippen molar-refractivity contribution in [1.29, 1.82) is 5.26 Å². The highest BCUT2D eigenvalue weighted by Gasteiger charge is 2.43. The number of carbonyl (C=O) groups is 1. The van der Waals surface area contributed by atoms with Gasteiger partial charge in [-0.1, -0.05) is 0 Å². The third-order valence-corrected chi connectivity index (χ3v) is 5.97. The number of thiazole rings is 1. The van der Waals surface area contributed by atoms with Crippen LogP contribution in [0.2, 0.25) is 0 Å². The molecule has 0 radical (unpaired) electrons. The van der Waals surface area contributed by atoms with Crippen molar-refractivity contribution in [2.24, 2.45) is 11.8 Å². The standard InChI is InChI=1S/C18H20N4O2S.C2HF3O2/c19-7-13-1-2-17(21-8-13)23-5-3-14-12-24-16-10-22(9-15(14)16)11-18-20-4-6-25-18;3-2(4,5)1(6)7/h1-2,4,6,8,14-16H,3,5,9-12H2;(H,6,7)/t14-,15-,16-;/m0./s1. The molecule has 2 saturated heterocycles. The molecule has 4 rings (SSSR count). The first kappa shape index (κ1) is 23.9. The molecule has 2 aliphatic rings. The van der Waals surface area contributed by atoms with Gasteiger partial charge in [0, 0.05) is 42.8 Å². The lowest BCUT2D eigenvalue weighted by molar-refractivity contribution is -0.192. The van der Waals surface area contributed by atoms with Crippen LogP contribution in [0.1, 0.15) is 17.0 Å². The van der Waals surface area contributed by atoms with Crippen LogP contribution in [0.25, 0.3) is 0 Å². The lowest BCUT2D eigenvalue weighted by Crippen LogP contribution is -2.24. The van der Waals surface area contributed by atoms with Crippen LogP contribution in [0.5, 0.6) is 5.88 Å². The van der Waals surface area contributed by atoms with Crippen LogP contribution in [0.3, 0.4) is 0 Å². The van der Waals surface area contributed by atoms with Crippen molar-refractivity contribution in [2.75, 3.05) is 26.3 Å². The number of aromatic nitrogens is 2. The van der Waals surface area contributed by atoms with Crippen molar-refractivity contribution in [3.63, 3.8) is 0 Å². The van der Waals surface area contributed by atoms with E-state index in [1.54, 1.807) is 23.5 Å². The number of likely N-dealkylation sites (tertiary alicyclic amines) is 1. The molecule has 0 unspecified atom stereocenters. The number of halogens is 3. The smallest absolute Gasteiger partial charge is 0.478 e. The Kier molecular flexibility index (Phi) is 8.00. The SMILES string of the molecule is N#Cc1ccc(OCC[C@H]2CO[C@H]3CN(Cc4nccs4)C[C@@H]23)nc1.O=C(O)C(F)(F)F.